The second-order valence-corrected chi connectivity index (χ2v) is 6.85. The van der Waals surface area contributed by atoms with E-state index in [2.05, 4.69) is 4.74 Å². The van der Waals surface area contributed by atoms with Crippen LogP contribution in [0.5, 0.6) is 5.75 Å². The first-order chi connectivity index (χ1) is 14.0. The van der Waals surface area contributed by atoms with E-state index in [1.807, 2.05) is 60.7 Å². The number of benzene rings is 3. The highest BCUT2D eigenvalue weighted by atomic mass is 19.3. The van der Waals surface area contributed by atoms with Gasteiger partial charge in [0.2, 0.25) is 5.91 Å². The van der Waals surface area contributed by atoms with Gasteiger partial charge >= 0.3 is 6.61 Å². The van der Waals surface area contributed by atoms with Gasteiger partial charge in [-0.3, -0.25) is 4.79 Å². The van der Waals surface area contributed by atoms with Gasteiger partial charge in [-0.25, -0.2) is 0 Å². The Morgan fingerprint density at radius 3 is 1.86 bits per heavy atom. The van der Waals surface area contributed by atoms with E-state index in [1.54, 1.807) is 24.1 Å². The summed E-state index contributed by atoms with van der Waals surface area (Å²) >= 11 is 0. The van der Waals surface area contributed by atoms with E-state index in [-0.39, 0.29) is 17.6 Å². The second kappa shape index (κ2) is 9.82. The minimum Gasteiger partial charge on any atom is -0.435 e. The summed E-state index contributed by atoms with van der Waals surface area (Å²) in [5.74, 6) is 0.0794. The number of amides is 1. The number of carbonyl (C=O) groups is 1. The number of alkyl halides is 2. The summed E-state index contributed by atoms with van der Waals surface area (Å²) in [4.78, 5) is 14.6. The third-order valence-electron chi connectivity index (χ3n) is 4.78. The molecule has 0 aliphatic rings. The fourth-order valence-electron chi connectivity index (χ4n) is 3.27. The predicted molar refractivity (Wildman–Crippen MR) is 109 cm³/mol. The predicted octanol–water partition coefficient (Wildman–Crippen LogP) is 5.47. The summed E-state index contributed by atoms with van der Waals surface area (Å²) in [5, 5.41) is 0. The number of nitrogens with zero attached hydrogens (tertiary/aromatic N) is 1. The summed E-state index contributed by atoms with van der Waals surface area (Å²) in [6.07, 6.45) is 0.344. The van der Waals surface area contributed by atoms with Crippen molar-refractivity contribution in [1.82, 2.24) is 4.90 Å². The number of hydrogen-bond donors (Lipinski definition) is 0. The molecule has 0 aliphatic heterocycles. The second-order valence-electron chi connectivity index (χ2n) is 6.85. The molecule has 3 aromatic rings. The van der Waals surface area contributed by atoms with E-state index < -0.39 is 6.61 Å². The normalized spacial score (nSPS) is 10.9. The lowest BCUT2D eigenvalue weighted by Gasteiger charge is -2.23. The van der Waals surface area contributed by atoms with Gasteiger partial charge in [-0.1, -0.05) is 72.8 Å². The minimum atomic E-state index is -2.85. The molecule has 0 radical (unpaired) electrons. The SMILES string of the molecule is CN(Cc1ccc(OC(F)F)cc1)C(=O)CC(c1ccccc1)c1ccccc1. The number of hydrogen-bond acceptors (Lipinski definition) is 2. The van der Waals surface area contributed by atoms with Crippen molar-refractivity contribution in [1.29, 1.82) is 0 Å². The van der Waals surface area contributed by atoms with Gasteiger partial charge in [-0.15, -0.1) is 0 Å². The molecule has 1 amide bonds. The molecule has 3 aromatic carbocycles. The van der Waals surface area contributed by atoms with Crippen LogP contribution in [0.25, 0.3) is 0 Å². The van der Waals surface area contributed by atoms with E-state index in [9.17, 15) is 13.6 Å². The fourth-order valence-corrected chi connectivity index (χ4v) is 3.27. The van der Waals surface area contributed by atoms with Gasteiger partial charge in [-0.05, 0) is 28.8 Å². The van der Waals surface area contributed by atoms with Gasteiger partial charge in [0.1, 0.15) is 5.75 Å². The maximum absolute atomic E-state index is 12.9. The van der Waals surface area contributed by atoms with Crippen molar-refractivity contribution in [3.05, 3.63) is 102 Å². The highest BCUT2D eigenvalue weighted by Crippen LogP contribution is 2.28. The third kappa shape index (κ3) is 5.88. The van der Waals surface area contributed by atoms with E-state index in [0.717, 1.165) is 16.7 Å². The third-order valence-corrected chi connectivity index (χ3v) is 4.78. The Bertz CT molecular complexity index is 860. The van der Waals surface area contributed by atoms with Crippen LogP contribution in [0.15, 0.2) is 84.9 Å². The summed E-state index contributed by atoms with van der Waals surface area (Å²) in [6.45, 7) is -2.46. The molecule has 0 spiro atoms. The standard InChI is InChI=1S/C24H23F2NO2/c1-27(17-18-12-14-21(15-13-18)29-24(25)26)23(28)16-22(19-8-4-2-5-9-19)20-10-6-3-7-11-20/h2-15,22,24H,16-17H2,1H3. The quantitative estimate of drug-likeness (QED) is 0.506. The van der Waals surface area contributed by atoms with E-state index in [4.69, 9.17) is 0 Å². The van der Waals surface area contributed by atoms with E-state index in [1.165, 1.54) is 12.1 Å². The minimum absolute atomic E-state index is 0.00983. The Morgan fingerprint density at radius 1 is 0.862 bits per heavy atom. The molecule has 3 nitrogen and oxygen atoms in total. The van der Waals surface area contributed by atoms with Crippen LogP contribution in [0.1, 0.15) is 29.0 Å². The van der Waals surface area contributed by atoms with Crippen LogP contribution in [0.2, 0.25) is 0 Å². The molecule has 0 saturated heterocycles. The zero-order chi connectivity index (χ0) is 20.6. The molecule has 0 aliphatic carbocycles. The lowest BCUT2D eigenvalue weighted by molar-refractivity contribution is -0.130. The topological polar surface area (TPSA) is 29.5 Å². The van der Waals surface area contributed by atoms with Gasteiger partial charge in [0.25, 0.3) is 0 Å². The molecular weight excluding hydrogens is 372 g/mol. The number of rotatable bonds is 8. The molecule has 0 unspecified atom stereocenters. The van der Waals surface area contributed by atoms with Crippen molar-refractivity contribution in [2.75, 3.05) is 7.05 Å². The van der Waals surface area contributed by atoms with Gasteiger partial charge in [0.05, 0.1) is 0 Å². The maximum atomic E-state index is 12.9. The maximum Gasteiger partial charge on any atom is 0.387 e. The van der Waals surface area contributed by atoms with Crippen LogP contribution in [-0.2, 0) is 11.3 Å². The summed E-state index contributed by atoms with van der Waals surface area (Å²) in [7, 11) is 1.75. The largest absolute Gasteiger partial charge is 0.435 e. The van der Waals surface area contributed by atoms with Crippen molar-refractivity contribution in [2.45, 2.75) is 25.5 Å². The van der Waals surface area contributed by atoms with E-state index in [0.29, 0.717) is 13.0 Å². The van der Waals surface area contributed by atoms with Crippen LogP contribution in [0, 0.1) is 0 Å². The molecular formula is C24H23F2NO2. The van der Waals surface area contributed by atoms with Crippen LogP contribution >= 0.6 is 0 Å². The number of carbonyl (C=O) groups excluding carboxylic acids is 1. The van der Waals surface area contributed by atoms with Gasteiger partial charge in [-0.2, -0.15) is 8.78 Å². The monoisotopic (exact) mass is 395 g/mol. The van der Waals surface area contributed by atoms with Crippen molar-refractivity contribution in [3.8, 4) is 5.75 Å². The average molecular weight is 395 g/mol. The Labute approximate surface area is 169 Å². The molecule has 0 atom stereocenters. The summed E-state index contributed by atoms with van der Waals surface area (Å²) in [5.41, 5.74) is 3.03. The lowest BCUT2D eigenvalue weighted by Crippen LogP contribution is -2.27. The molecule has 0 aromatic heterocycles. The van der Waals surface area contributed by atoms with Gasteiger partial charge in [0.15, 0.2) is 0 Å². The first-order valence-corrected chi connectivity index (χ1v) is 9.40. The van der Waals surface area contributed by atoms with Crippen molar-refractivity contribution in [2.24, 2.45) is 0 Å². The zero-order valence-corrected chi connectivity index (χ0v) is 16.2. The van der Waals surface area contributed by atoms with Crippen LogP contribution in [0.4, 0.5) is 8.78 Å². The molecule has 0 bridgehead atoms. The average Bonchev–Trinajstić information content (AvgIpc) is 2.74. The van der Waals surface area contributed by atoms with Gasteiger partial charge < -0.3 is 9.64 Å². The van der Waals surface area contributed by atoms with Crippen LogP contribution in [-0.4, -0.2) is 24.5 Å². The molecule has 0 fully saturated rings. The highest BCUT2D eigenvalue weighted by Gasteiger charge is 2.20. The number of ether oxygens (including phenoxy) is 1. The lowest BCUT2D eigenvalue weighted by atomic mass is 9.88. The van der Waals surface area contributed by atoms with Crippen molar-refractivity contribution in [3.63, 3.8) is 0 Å². The Morgan fingerprint density at radius 2 is 1.38 bits per heavy atom. The highest BCUT2D eigenvalue weighted by molar-refractivity contribution is 5.77. The van der Waals surface area contributed by atoms with Crippen molar-refractivity contribution >= 4 is 5.91 Å². The first-order valence-electron chi connectivity index (χ1n) is 9.40. The summed E-state index contributed by atoms with van der Waals surface area (Å²) in [6, 6.07) is 26.3. The molecule has 29 heavy (non-hydrogen) atoms. The van der Waals surface area contributed by atoms with Gasteiger partial charge in [0, 0.05) is 25.9 Å². The summed E-state index contributed by atoms with van der Waals surface area (Å²) < 4.78 is 28.9. The molecule has 5 heteroatoms. The molecule has 3 rings (SSSR count). The molecule has 0 heterocycles. The van der Waals surface area contributed by atoms with Crippen molar-refractivity contribution < 1.29 is 18.3 Å². The molecule has 0 N–H and O–H groups in total. The van der Waals surface area contributed by atoms with E-state index >= 15 is 0 Å². The zero-order valence-electron chi connectivity index (χ0n) is 16.2. The van der Waals surface area contributed by atoms with Crippen LogP contribution < -0.4 is 4.74 Å². The smallest absolute Gasteiger partial charge is 0.387 e. The Hall–Kier alpha value is -3.21. The first kappa shape index (κ1) is 20.5. The molecule has 0 saturated carbocycles. The fraction of sp³-hybridized carbons (Fsp3) is 0.208. The number of halogens is 2. The molecule has 150 valence electrons. The Balaban J connectivity index is 1.69. The van der Waals surface area contributed by atoms with Crippen LogP contribution in [0.3, 0.4) is 0 Å². The Kier molecular flexibility index (Phi) is 6.95.